The van der Waals surface area contributed by atoms with Crippen LogP contribution in [0.3, 0.4) is 0 Å². The molecule has 1 saturated carbocycles. The maximum absolute atomic E-state index is 15.0. The van der Waals surface area contributed by atoms with Gasteiger partial charge in [0.05, 0.1) is 16.8 Å². The van der Waals surface area contributed by atoms with Gasteiger partial charge >= 0.3 is 12.2 Å². The second-order valence-electron chi connectivity index (χ2n) is 10.8. The number of amides is 3. The van der Waals surface area contributed by atoms with Crippen molar-refractivity contribution in [2.45, 2.75) is 51.1 Å². The first kappa shape index (κ1) is 29.2. The highest BCUT2D eigenvalue weighted by atomic mass is 19.4. The maximum atomic E-state index is 15.0. The van der Waals surface area contributed by atoms with Gasteiger partial charge in [0.2, 0.25) is 5.60 Å². The summed E-state index contributed by atoms with van der Waals surface area (Å²) in [4.78, 5) is 30.4. The van der Waals surface area contributed by atoms with Gasteiger partial charge in [-0.1, -0.05) is 13.8 Å². The summed E-state index contributed by atoms with van der Waals surface area (Å²) in [7, 11) is 0. The third-order valence-electron chi connectivity index (χ3n) is 8.36. The molecule has 0 bridgehead atoms. The van der Waals surface area contributed by atoms with Gasteiger partial charge in [-0.3, -0.25) is 4.79 Å². The van der Waals surface area contributed by atoms with E-state index in [-0.39, 0.29) is 55.0 Å². The minimum Gasteiger partial charge on any atom is -0.371 e. The van der Waals surface area contributed by atoms with Crippen LogP contribution in [0.5, 0.6) is 0 Å². The van der Waals surface area contributed by atoms with Crippen LogP contribution in [0.4, 0.5) is 36.8 Å². The van der Waals surface area contributed by atoms with Crippen LogP contribution < -0.4 is 10.2 Å². The maximum Gasteiger partial charge on any atom is 0.416 e. The summed E-state index contributed by atoms with van der Waals surface area (Å²) < 4.78 is 87.5. The van der Waals surface area contributed by atoms with Gasteiger partial charge in [0.25, 0.3) is 5.91 Å². The highest BCUT2D eigenvalue weighted by Gasteiger charge is 2.58. The normalized spacial score (nSPS) is 24.2. The predicted molar refractivity (Wildman–Crippen MR) is 136 cm³/mol. The van der Waals surface area contributed by atoms with Crippen molar-refractivity contribution >= 4 is 17.6 Å². The summed E-state index contributed by atoms with van der Waals surface area (Å²) >= 11 is 0. The Bertz CT molecular complexity index is 1350. The molecule has 2 fully saturated rings. The topological polar surface area (TPSA) is 76.1 Å². The first-order valence-electron chi connectivity index (χ1n) is 13.5. The third kappa shape index (κ3) is 4.92. The smallest absolute Gasteiger partial charge is 0.371 e. The Hall–Kier alpha value is -3.32. The summed E-state index contributed by atoms with van der Waals surface area (Å²) in [5.74, 6) is -6.25. The molecule has 3 amide bonds. The van der Waals surface area contributed by atoms with Crippen LogP contribution in [0, 0.1) is 23.4 Å². The Kier molecular flexibility index (Phi) is 7.48. The molecule has 13 heteroatoms. The number of rotatable bonds is 8. The number of urea groups is 1. The van der Waals surface area contributed by atoms with Crippen molar-refractivity contribution in [2.75, 3.05) is 37.6 Å². The number of hydrogen-bond acceptors (Lipinski definition) is 4. The molecule has 2 aliphatic heterocycles. The number of halogens is 6. The van der Waals surface area contributed by atoms with Crippen molar-refractivity contribution in [2.24, 2.45) is 5.92 Å². The van der Waals surface area contributed by atoms with E-state index < -0.39 is 57.9 Å². The zero-order valence-corrected chi connectivity index (χ0v) is 22.5. The quantitative estimate of drug-likeness (QED) is 0.453. The fraction of sp³-hybridized carbons (Fsp3) is 0.500. The third-order valence-corrected chi connectivity index (χ3v) is 8.36. The molecule has 1 atom stereocenters. The number of fused-ring (bicyclic) bond motifs is 1. The summed E-state index contributed by atoms with van der Waals surface area (Å²) in [6.45, 7) is 5.82. The van der Waals surface area contributed by atoms with E-state index in [1.807, 2.05) is 13.8 Å². The van der Waals surface area contributed by atoms with Crippen molar-refractivity contribution in [1.82, 2.24) is 15.1 Å². The van der Waals surface area contributed by atoms with Crippen molar-refractivity contribution in [3.8, 4) is 0 Å². The van der Waals surface area contributed by atoms with E-state index in [9.17, 15) is 32.3 Å². The first-order valence-corrected chi connectivity index (χ1v) is 13.5. The van der Waals surface area contributed by atoms with Crippen molar-refractivity contribution in [1.29, 1.82) is 0 Å². The Morgan fingerprint density at radius 3 is 2.20 bits per heavy atom. The summed E-state index contributed by atoms with van der Waals surface area (Å²) in [6.07, 6.45) is -3.88. The van der Waals surface area contributed by atoms with E-state index >= 15 is 8.78 Å². The second kappa shape index (κ2) is 10.5. The largest absolute Gasteiger partial charge is 0.416 e. The van der Waals surface area contributed by atoms with Crippen molar-refractivity contribution in [3.05, 3.63) is 64.0 Å². The zero-order valence-electron chi connectivity index (χ0n) is 22.5. The average molecular weight is 585 g/mol. The molecule has 1 aliphatic carbocycles. The van der Waals surface area contributed by atoms with Crippen molar-refractivity contribution in [3.63, 3.8) is 0 Å². The lowest BCUT2D eigenvalue weighted by molar-refractivity contribution is -0.142. The fourth-order valence-electron chi connectivity index (χ4n) is 6.33. The van der Waals surface area contributed by atoms with E-state index in [1.165, 1.54) is 11.0 Å². The lowest BCUT2D eigenvalue weighted by Crippen LogP contribution is -2.50. The van der Waals surface area contributed by atoms with E-state index in [0.717, 1.165) is 18.0 Å². The van der Waals surface area contributed by atoms with Gasteiger partial charge in [0.1, 0.15) is 17.5 Å². The molecule has 0 radical (unpaired) electrons. The fourth-order valence-corrected chi connectivity index (χ4v) is 6.33. The molecule has 2 aromatic rings. The van der Waals surface area contributed by atoms with Gasteiger partial charge in [0, 0.05) is 49.9 Å². The Balaban J connectivity index is 1.64. The minimum absolute atomic E-state index is 0.0184. The van der Waals surface area contributed by atoms with Gasteiger partial charge in [-0.25, -0.2) is 18.0 Å². The van der Waals surface area contributed by atoms with E-state index in [1.54, 1.807) is 0 Å². The van der Waals surface area contributed by atoms with Crippen LogP contribution >= 0.6 is 0 Å². The Morgan fingerprint density at radius 2 is 1.66 bits per heavy atom. The van der Waals surface area contributed by atoms with Crippen LogP contribution in [-0.4, -0.2) is 65.6 Å². The van der Waals surface area contributed by atoms with Gasteiger partial charge < -0.3 is 25.1 Å². The molecule has 1 unspecified atom stereocenters. The van der Waals surface area contributed by atoms with E-state index in [4.69, 9.17) is 0 Å². The average Bonchev–Trinajstić information content (AvgIpc) is 3.35. The molecular weight excluding hydrogens is 554 g/mol. The summed E-state index contributed by atoms with van der Waals surface area (Å²) in [6, 6.07) is 2.07. The molecular formula is C28H30F6N4O3. The van der Waals surface area contributed by atoms with Crippen LogP contribution in [0.25, 0.3) is 0 Å². The lowest BCUT2D eigenvalue weighted by atomic mass is 9.78. The molecule has 1 saturated heterocycles. The standard InChI is InChI=1S/C28H30F6N4O3/c1-3-36(4-2)18-7-15(8-18)14-38-22-10-16(13-37-6-5-35-26(37)40)9-19(28(32,33)34)23(22)27(41,25(38)39)24-20(30)11-17(29)12-21(24)31/h9-12,15,18,41H,3-8,13-14H2,1-2H3,(H,35,40). The number of anilines is 1. The number of carbonyl (C=O) groups excluding carboxylic acids is 2. The molecule has 222 valence electrons. The number of nitrogens with one attached hydrogen (secondary N) is 1. The molecule has 2 N–H and O–H groups in total. The van der Waals surface area contributed by atoms with E-state index in [2.05, 4.69) is 10.2 Å². The molecule has 3 aliphatic rings. The van der Waals surface area contributed by atoms with Gasteiger partial charge in [-0.05, 0) is 49.5 Å². The summed E-state index contributed by atoms with van der Waals surface area (Å²) in [5.41, 5.74) is -7.61. The molecule has 2 heterocycles. The molecule has 7 nitrogen and oxygen atoms in total. The minimum atomic E-state index is -5.16. The van der Waals surface area contributed by atoms with E-state index in [0.29, 0.717) is 25.5 Å². The van der Waals surface area contributed by atoms with Crippen LogP contribution in [0.1, 0.15) is 48.9 Å². The molecule has 41 heavy (non-hydrogen) atoms. The highest BCUT2D eigenvalue weighted by Crippen LogP contribution is 2.52. The molecule has 0 aromatic heterocycles. The second-order valence-corrected chi connectivity index (χ2v) is 10.8. The van der Waals surface area contributed by atoms with Crippen LogP contribution in [0.15, 0.2) is 24.3 Å². The zero-order chi connectivity index (χ0) is 29.9. The monoisotopic (exact) mass is 584 g/mol. The molecule has 2 aromatic carbocycles. The number of alkyl halides is 3. The number of benzene rings is 2. The number of aliphatic hydroxyl groups is 1. The number of nitrogens with zero attached hydrogens (tertiary/aromatic N) is 3. The summed E-state index contributed by atoms with van der Waals surface area (Å²) in [5, 5.41) is 14.3. The Labute approximate surface area is 232 Å². The van der Waals surface area contributed by atoms with Crippen LogP contribution in [0.2, 0.25) is 0 Å². The highest BCUT2D eigenvalue weighted by molar-refractivity contribution is 6.10. The van der Waals surface area contributed by atoms with Crippen LogP contribution in [-0.2, 0) is 23.1 Å². The SMILES string of the molecule is CCN(CC)C1CC(CN2C(=O)C(O)(c3c(F)cc(F)cc3F)c3c2cc(CN2CCNC2=O)cc3C(F)(F)F)C1. The van der Waals surface area contributed by atoms with Crippen molar-refractivity contribution < 1.29 is 41.0 Å². The number of hydrogen-bond donors (Lipinski definition) is 2. The first-order chi connectivity index (χ1) is 19.3. The van der Waals surface area contributed by atoms with Gasteiger partial charge in [-0.15, -0.1) is 0 Å². The molecule has 0 spiro atoms. The molecule has 5 rings (SSSR count). The number of carbonyl (C=O) groups is 2. The van der Waals surface area contributed by atoms with Gasteiger partial charge in [-0.2, -0.15) is 13.2 Å². The predicted octanol–water partition coefficient (Wildman–Crippen LogP) is 4.35. The van der Waals surface area contributed by atoms with Gasteiger partial charge in [0.15, 0.2) is 0 Å². The Morgan fingerprint density at radius 1 is 1.02 bits per heavy atom. The lowest BCUT2D eigenvalue weighted by Gasteiger charge is -2.43.